The maximum atomic E-state index is 11.0. The van der Waals surface area contributed by atoms with Crippen molar-refractivity contribution in [2.75, 3.05) is 0 Å². The molecule has 0 aromatic carbocycles. The molecule has 1 aromatic rings. The van der Waals surface area contributed by atoms with Gasteiger partial charge in [-0.3, -0.25) is 10.1 Å². The highest BCUT2D eigenvalue weighted by Crippen LogP contribution is 2.25. The molecule has 1 aliphatic carbocycles. The fourth-order valence-electron chi connectivity index (χ4n) is 2.16. The Morgan fingerprint density at radius 1 is 1.42 bits per heavy atom. The molecule has 1 saturated carbocycles. The van der Waals surface area contributed by atoms with E-state index in [1.807, 2.05) is 0 Å². The van der Waals surface area contributed by atoms with Gasteiger partial charge in [-0.25, -0.2) is 9.78 Å². The highest BCUT2D eigenvalue weighted by molar-refractivity contribution is 5.92. The molecule has 1 N–H and O–H groups in total. The molecule has 0 saturated heterocycles. The number of carboxylic acids is 1. The van der Waals surface area contributed by atoms with E-state index in [2.05, 4.69) is 4.98 Å². The summed E-state index contributed by atoms with van der Waals surface area (Å²) in [6.45, 7) is 0. The van der Waals surface area contributed by atoms with E-state index in [9.17, 15) is 14.9 Å². The third-order valence-corrected chi connectivity index (χ3v) is 3.12. The number of hydrogen-bond acceptors (Lipinski definition) is 5. The van der Waals surface area contributed by atoms with Gasteiger partial charge in [-0.05, 0) is 25.7 Å². The first-order chi connectivity index (χ1) is 9.08. The van der Waals surface area contributed by atoms with Crippen LogP contribution in [0.25, 0.3) is 0 Å². The molecule has 7 heteroatoms. The van der Waals surface area contributed by atoms with Crippen LogP contribution in [0.5, 0.6) is 5.88 Å². The second-order valence-electron chi connectivity index (χ2n) is 4.48. The smallest absolute Gasteiger partial charge is 0.342 e. The molecule has 19 heavy (non-hydrogen) atoms. The van der Waals surface area contributed by atoms with Crippen LogP contribution in [0, 0.1) is 10.1 Å². The van der Waals surface area contributed by atoms with Crippen LogP contribution in [0.15, 0.2) is 12.3 Å². The molecule has 0 aliphatic heterocycles. The van der Waals surface area contributed by atoms with Crippen molar-refractivity contribution < 1.29 is 19.6 Å². The summed E-state index contributed by atoms with van der Waals surface area (Å²) < 4.78 is 5.58. The number of rotatable bonds is 4. The average molecular weight is 266 g/mol. The molecule has 1 aromatic heterocycles. The van der Waals surface area contributed by atoms with Crippen LogP contribution in [0.1, 0.15) is 42.5 Å². The molecule has 1 heterocycles. The maximum absolute atomic E-state index is 11.0. The van der Waals surface area contributed by atoms with Crippen LogP contribution < -0.4 is 4.74 Å². The minimum Gasteiger partial charge on any atom is -0.477 e. The van der Waals surface area contributed by atoms with Gasteiger partial charge in [-0.1, -0.05) is 6.42 Å². The third-order valence-electron chi connectivity index (χ3n) is 3.12. The topological polar surface area (TPSA) is 103 Å². The number of ether oxygens (including phenoxy) is 1. The van der Waals surface area contributed by atoms with Crippen molar-refractivity contribution >= 4 is 11.7 Å². The second-order valence-corrected chi connectivity index (χ2v) is 4.48. The summed E-state index contributed by atoms with van der Waals surface area (Å²) in [6.07, 6.45) is 6.08. The first-order valence-electron chi connectivity index (χ1n) is 6.12. The molecule has 0 unspecified atom stereocenters. The summed E-state index contributed by atoms with van der Waals surface area (Å²) >= 11 is 0. The Kier molecular flexibility index (Phi) is 3.94. The van der Waals surface area contributed by atoms with E-state index in [4.69, 9.17) is 9.84 Å². The molecule has 0 radical (unpaired) electrons. The lowest BCUT2D eigenvalue weighted by molar-refractivity contribution is -0.385. The van der Waals surface area contributed by atoms with Crippen molar-refractivity contribution in [1.29, 1.82) is 0 Å². The standard InChI is InChI=1S/C12H14N2O5/c15-12(16)9-6-11(13-7-10(9)14(17)18)19-8-4-2-1-3-5-8/h6-8H,1-5H2,(H,15,16). The summed E-state index contributed by atoms with van der Waals surface area (Å²) in [4.78, 5) is 24.7. The Morgan fingerprint density at radius 3 is 2.68 bits per heavy atom. The second kappa shape index (κ2) is 5.64. The van der Waals surface area contributed by atoms with E-state index >= 15 is 0 Å². The van der Waals surface area contributed by atoms with Crippen molar-refractivity contribution in [3.05, 3.63) is 27.9 Å². The number of carboxylic acid groups (broad SMARTS) is 1. The number of pyridine rings is 1. The normalized spacial score (nSPS) is 16.0. The molecule has 7 nitrogen and oxygen atoms in total. The SMILES string of the molecule is O=C(O)c1cc(OC2CCCCC2)ncc1[N+](=O)[O-]. The fraction of sp³-hybridized carbons (Fsp3) is 0.500. The van der Waals surface area contributed by atoms with Gasteiger partial charge in [0.15, 0.2) is 0 Å². The van der Waals surface area contributed by atoms with E-state index in [-0.39, 0.29) is 12.0 Å². The largest absolute Gasteiger partial charge is 0.477 e. The van der Waals surface area contributed by atoms with E-state index in [0.29, 0.717) is 0 Å². The summed E-state index contributed by atoms with van der Waals surface area (Å²) in [6, 6.07) is 1.12. The van der Waals surface area contributed by atoms with Gasteiger partial charge in [0.25, 0.3) is 0 Å². The minimum absolute atomic E-state index is 0.0179. The quantitative estimate of drug-likeness (QED) is 0.663. The predicted molar refractivity (Wildman–Crippen MR) is 65.4 cm³/mol. The number of hydrogen-bond donors (Lipinski definition) is 1. The van der Waals surface area contributed by atoms with Gasteiger partial charge in [-0.15, -0.1) is 0 Å². The molecular weight excluding hydrogens is 252 g/mol. The highest BCUT2D eigenvalue weighted by atomic mass is 16.6. The molecule has 0 amide bonds. The summed E-state index contributed by atoms with van der Waals surface area (Å²) in [5.41, 5.74) is -0.922. The summed E-state index contributed by atoms with van der Waals surface area (Å²) in [5, 5.41) is 19.6. The van der Waals surface area contributed by atoms with Gasteiger partial charge in [0.05, 0.1) is 4.92 Å². The van der Waals surface area contributed by atoms with Crippen LogP contribution in [0.4, 0.5) is 5.69 Å². The lowest BCUT2D eigenvalue weighted by Crippen LogP contribution is -2.20. The molecule has 0 bridgehead atoms. The first-order valence-corrected chi connectivity index (χ1v) is 6.12. The van der Waals surface area contributed by atoms with Crippen molar-refractivity contribution in [1.82, 2.24) is 4.98 Å². The zero-order chi connectivity index (χ0) is 13.8. The van der Waals surface area contributed by atoms with Gasteiger partial charge < -0.3 is 9.84 Å². The Morgan fingerprint density at radius 2 is 2.11 bits per heavy atom. The lowest BCUT2D eigenvalue weighted by atomic mass is 9.98. The van der Waals surface area contributed by atoms with Crippen molar-refractivity contribution in [2.24, 2.45) is 0 Å². The zero-order valence-corrected chi connectivity index (χ0v) is 10.2. The van der Waals surface area contributed by atoms with E-state index < -0.39 is 22.1 Å². The number of aromatic carboxylic acids is 1. The number of nitrogens with zero attached hydrogens (tertiary/aromatic N) is 2. The van der Waals surface area contributed by atoms with Crippen LogP contribution in [-0.2, 0) is 0 Å². The van der Waals surface area contributed by atoms with Crippen molar-refractivity contribution in [3.63, 3.8) is 0 Å². The van der Waals surface area contributed by atoms with E-state index in [0.717, 1.165) is 37.9 Å². The monoisotopic (exact) mass is 266 g/mol. The van der Waals surface area contributed by atoms with E-state index in [1.54, 1.807) is 0 Å². The van der Waals surface area contributed by atoms with Crippen molar-refractivity contribution in [3.8, 4) is 5.88 Å². The Balaban J connectivity index is 2.20. The van der Waals surface area contributed by atoms with Crippen molar-refractivity contribution in [2.45, 2.75) is 38.2 Å². The zero-order valence-electron chi connectivity index (χ0n) is 10.2. The number of nitro groups is 1. The Labute approximate surface area is 109 Å². The molecular formula is C12H14N2O5. The molecule has 0 spiro atoms. The molecule has 0 atom stereocenters. The van der Waals surface area contributed by atoms with Crippen LogP contribution in [-0.4, -0.2) is 27.1 Å². The molecule has 1 aliphatic rings. The average Bonchev–Trinajstić information content (AvgIpc) is 2.39. The van der Waals surface area contributed by atoms with Crippen LogP contribution >= 0.6 is 0 Å². The van der Waals surface area contributed by atoms with Crippen LogP contribution in [0.3, 0.4) is 0 Å². The van der Waals surface area contributed by atoms with Gasteiger partial charge in [0.2, 0.25) is 5.88 Å². The fourth-order valence-corrected chi connectivity index (χ4v) is 2.16. The molecule has 2 rings (SSSR count). The first kappa shape index (κ1) is 13.3. The Hall–Kier alpha value is -2.18. The minimum atomic E-state index is -1.36. The van der Waals surface area contributed by atoms with Gasteiger partial charge in [-0.2, -0.15) is 0 Å². The predicted octanol–water partition coefficient (Wildman–Crippen LogP) is 2.40. The summed E-state index contributed by atoms with van der Waals surface area (Å²) in [5.74, 6) is -1.22. The lowest BCUT2D eigenvalue weighted by Gasteiger charge is -2.22. The number of aromatic nitrogens is 1. The Bertz CT molecular complexity index is 497. The third kappa shape index (κ3) is 3.18. The van der Waals surface area contributed by atoms with E-state index in [1.165, 1.54) is 6.42 Å². The van der Waals surface area contributed by atoms with Gasteiger partial charge in [0, 0.05) is 6.07 Å². The van der Waals surface area contributed by atoms with Crippen LogP contribution in [0.2, 0.25) is 0 Å². The number of carbonyl (C=O) groups is 1. The molecule has 1 fully saturated rings. The maximum Gasteiger partial charge on any atom is 0.342 e. The van der Waals surface area contributed by atoms with Gasteiger partial charge in [0.1, 0.15) is 17.9 Å². The summed E-state index contributed by atoms with van der Waals surface area (Å²) in [7, 11) is 0. The molecule has 102 valence electrons. The highest BCUT2D eigenvalue weighted by Gasteiger charge is 2.23. The van der Waals surface area contributed by atoms with Gasteiger partial charge >= 0.3 is 11.7 Å².